The Bertz CT molecular complexity index is 453. The number of rotatable bonds is 4. The fourth-order valence-electron chi connectivity index (χ4n) is 2.20. The summed E-state index contributed by atoms with van der Waals surface area (Å²) in [6.45, 7) is 12.5. The van der Waals surface area contributed by atoms with Gasteiger partial charge in [-0.05, 0) is 41.4 Å². The molecule has 1 unspecified atom stereocenters. The van der Waals surface area contributed by atoms with Crippen LogP contribution >= 0.6 is 0 Å². The molecule has 0 radical (unpaired) electrons. The van der Waals surface area contributed by atoms with Gasteiger partial charge < -0.3 is 5.11 Å². The number of benzene rings is 1. The third-order valence-electron chi connectivity index (χ3n) is 3.78. The SMILES string of the molecule is Cc1ccc(C(C)(C)C)cc1CC(C(=O)O)C(C)C. The van der Waals surface area contributed by atoms with Gasteiger partial charge in [0.1, 0.15) is 0 Å². The first-order chi connectivity index (χ1) is 8.62. The smallest absolute Gasteiger partial charge is 0.307 e. The van der Waals surface area contributed by atoms with E-state index in [-0.39, 0.29) is 17.3 Å². The highest BCUT2D eigenvalue weighted by Gasteiger charge is 2.23. The van der Waals surface area contributed by atoms with Crippen LogP contribution in [0, 0.1) is 18.8 Å². The van der Waals surface area contributed by atoms with E-state index >= 15 is 0 Å². The average molecular weight is 262 g/mol. The molecule has 2 nitrogen and oxygen atoms in total. The van der Waals surface area contributed by atoms with Crippen molar-refractivity contribution in [3.05, 3.63) is 34.9 Å². The number of carboxylic acids is 1. The van der Waals surface area contributed by atoms with Gasteiger partial charge in [0, 0.05) is 0 Å². The highest BCUT2D eigenvalue weighted by molar-refractivity contribution is 5.70. The van der Waals surface area contributed by atoms with Crippen LogP contribution in [0.4, 0.5) is 0 Å². The van der Waals surface area contributed by atoms with Crippen molar-refractivity contribution in [2.75, 3.05) is 0 Å². The molecule has 1 atom stereocenters. The second-order valence-corrected chi connectivity index (χ2v) is 6.78. The van der Waals surface area contributed by atoms with Crippen molar-refractivity contribution in [2.45, 2.75) is 53.4 Å². The Morgan fingerprint density at radius 3 is 2.26 bits per heavy atom. The lowest BCUT2D eigenvalue weighted by atomic mass is 9.82. The average Bonchev–Trinajstić information content (AvgIpc) is 2.25. The molecule has 0 aromatic heterocycles. The van der Waals surface area contributed by atoms with Crippen molar-refractivity contribution < 1.29 is 9.90 Å². The van der Waals surface area contributed by atoms with Crippen molar-refractivity contribution in [1.29, 1.82) is 0 Å². The van der Waals surface area contributed by atoms with E-state index in [0.29, 0.717) is 6.42 Å². The molecule has 0 aliphatic rings. The molecule has 0 aliphatic heterocycles. The van der Waals surface area contributed by atoms with Crippen LogP contribution in [0.25, 0.3) is 0 Å². The Kier molecular flexibility index (Phi) is 4.78. The molecule has 19 heavy (non-hydrogen) atoms. The van der Waals surface area contributed by atoms with Crippen LogP contribution in [0.2, 0.25) is 0 Å². The maximum Gasteiger partial charge on any atom is 0.307 e. The van der Waals surface area contributed by atoms with Crippen molar-refractivity contribution in [2.24, 2.45) is 11.8 Å². The fourth-order valence-corrected chi connectivity index (χ4v) is 2.20. The molecular formula is C17H26O2. The van der Waals surface area contributed by atoms with Crippen LogP contribution in [0.1, 0.15) is 51.3 Å². The number of carbonyl (C=O) groups is 1. The number of carboxylic acid groups (broad SMARTS) is 1. The second kappa shape index (κ2) is 5.77. The summed E-state index contributed by atoms with van der Waals surface area (Å²) in [5.41, 5.74) is 3.70. The summed E-state index contributed by atoms with van der Waals surface area (Å²) in [4.78, 5) is 11.3. The van der Waals surface area contributed by atoms with Crippen LogP contribution in [0.3, 0.4) is 0 Å². The van der Waals surface area contributed by atoms with E-state index in [1.165, 1.54) is 11.1 Å². The van der Waals surface area contributed by atoms with E-state index < -0.39 is 5.97 Å². The lowest BCUT2D eigenvalue weighted by Gasteiger charge is -2.23. The Hall–Kier alpha value is -1.31. The standard InChI is InChI=1S/C17H26O2/c1-11(2)15(16(18)19)10-13-9-14(17(4,5)6)8-7-12(13)3/h7-9,11,15H,10H2,1-6H3,(H,18,19). The number of hydrogen-bond donors (Lipinski definition) is 1. The molecule has 0 bridgehead atoms. The van der Waals surface area contributed by atoms with E-state index in [9.17, 15) is 9.90 Å². The minimum atomic E-state index is -0.699. The Labute approximate surface area is 116 Å². The van der Waals surface area contributed by atoms with E-state index in [1.807, 2.05) is 13.8 Å². The summed E-state index contributed by atoms with van der Waals surface area (Å²) in [6, 6.07) is 6.42. The van der Waals surface area contributed by atoms with E-state index in [1.54, 1.807) is 0 Å². The highest BCUT2D eigenvalue weighted by atomic mass is 16.4. The Balaban J connectivity index is 3.09. The molecule has 0 spiro atoms. The number of aliphatic carboxylic acids is 1. The monoisotopic (exact) mass is 262 g/mol. The van der Waals surface area contributed by atoms with Gasteiger partial charge in [-0.1, -0.05) is 52.8 Å². The normalized spacial score (nSPS) is 13.6. The Morgan fingerprint density at radius 2 is 1.84 bits per heavy atom. The van der Waals surface area contributed by atoms with E-state index in [2.05, 4.69) is 45.9 Å². The van der Waals surface area contributed by atoms with Crippen LogP contribution in [0.15, 0.2) is 18.2 Å². The molecule has 0 aliphatic carbocycles. The largest absolute Gasteiger partial charge is 0.481 e. The minimum absolute atomic E-state index is 0.0962. The van der Waals surface area contributed by atoms with Crippen LogP contribution in [-0.2, 0) is 16.6 Å². The predicted molar refractivity (Wildman–Crippen MR) is 79.5 cm³/mol. The van der Waals surface area contributed by atoms with Crippen LogP contribution in [-0.4, -0.2) is 11.1 Å². The molecular weight excluding hydrogens is 236 g/mol. The first kappa shape index (κ1) is 15.7. The first-order valence-electron chi connectivity index (χ1n) is 6.95. The summed E-state index contributed by atoms with van der Waals surface area (Å²) in [7, 11) is 0. The molecule has 1 rings (SSSR count). The van der Waals surface area contributed by atoms with Gasteiger partial charge in [0.2, 0.25) is 0 Å². The molecule has 0 fully saturated rings. The molecule has 1 N–H and O–H groups in total. The maximum absolute atomic E-state index is 11.3. The summed E-state index contributed by atoms with van der Waals surface area (Å²) >= 11 is 0. The quantitative estimate of drug-likeness (QED) is 0.883. The van der Waals surface area contributed by atoms with Gasteiger partial charge in [-0.25, -0.2) is 0 Å². The van der Waals surface area contributed by atoms with Crippen LogP contribution in [0.5, 0.6) is 0 Å². The summed E-state index contributed by atoms with van der Waals surface area (Å²) in [5, 5.41) is 9.33. The summed E-state index contributed by atoms with van der Waals surface area (Å²) in [6.07, 6.45) is 0.614. The third kappa shape index (κ3) is 4.09. The van der Waals surface area contributed by atoms with Gasteiger partial charge in [-0.15, -0.1) is 0 Å². The number of aryl methyl sites for hydroxylation is 1. The minimum Gasteiger partial charge on any atom is -0.481 e. The van der Waals surface area contributed by atoms with Gasteiger partial charge in [0.25, 0.3) is 0 Å². The van der Waals surface area contributed by atoms with Gasteiger partial charge in [0.15, 0.2) is 0 Å². The highest BCUT2D eigenvalue weighted by Crippen LogP contribution is 2.27. The van der Waals surface area contributed by atoms with Crippen LogP contribution < -0.4 is 0 Å². The van der Waals surface area contributed by atoms with E-state index in [0.717, 1.165) is 5.56 Å². The predicted octanol–water partition coefficient (Wildman–Crippen LogP) is 4.19. The Morgan fingerprint density at radius 1 is 1.26 bits per heavy atom. The molecule has 0 heterocycles. The molecule has 106 valence electrons. The lowest BCUT2D eigenvalue weighted by Crippen LogP contribution is -2.23. The molecule has 0 amide bonds. The number of hydrogen-bond acceptors (Lipinski definition) is 1. The van der Waals surface area contributed by atoms with Gasteiger partial charge in [-0.2, -0.15) is 0 Å². The fraction of sp³-hybridized carbons (Fsp3) is 0.588. The first-order valence-corrected chi connectivity index (χ1v) is 6.95. The topological polar surface area (TPSA) is 37.3 Å². The summed E-state index contributed by atoms with van der Waals surface area (Å²) in [5.74, 6) is -0.861. The van der Waals surface area contributed by atoms with Crippen molar-refractivity contribution in [1.82, 2.24) is 0 Å². The van der Waals surface area contributed by atoms with Crippen molar-refractivity contribution in [3.63, 3.8) is 0 Å². The van der Waals surface area contributed by atoms with Gasteiger partial charge in [0.05, 0.1) is 5.92 Å². The maximum atomic E-state index is 11.3. The van der Waals surface area contributed by atoms with Crippen molar-refractivity contribution >= 4 is 5.97 Å². The van der Waals surface area contributed by atoms with E-state index in [4.69, 9.17) is 0 Å². The zero-order valence-electron chi connectivity index (χ0n) is 12.9. The molecule has 2 heteroatoms. The second-order valence-electron chi connectivity index (χ2n) is 6.78. The third-order valence-corrected chi connectivity index (χ3v) is 3.78. The summed E-state index contributed by atoms with van der Waals surface area (Å²) < 4.78 is 0. The molecule has 0 saturated heterocycles. The molecule has 0 saturated carbocycles. The van der Waals surface area contributed by atoms with Gasteiger partial charge >= 0.3 is 5.97 Å². The van der Waals surface area contributed by atoms with Gasteiger partial charge in [-0.3, -0.25) is 4.79 Å². The zero-order valence-corrected chi connectivity index (χ0v) is 12.9. The van der Waals surface area contributed by atoms with Crippen molar-refractivity contribution in [3.8, 4) is 0 Å². The zero-order chi connectivity index (χ0) is 14.8. The molecule has 1 aromatic rings. The lowest BCUT2D eigenvalue weighted by molar-refractivity contribution is -0.143. The molecule has 1 aromatic carbocycles.